The second-order valence-electron chi connectivity index (χ2n) is 5.66. The third kappa shape index (κ3) is 3.84. The van der Waals surface area contributed by atoms with Crippen LogP contribution in [0.4, 0.5) is 0 Å². The molecule has 0 spiro atoms. The molecule has 0 saturated carbocycles. The maximum atomic E-state index is 2.33. The van der Waals surface area contributed by atoms with Crippen LogP contribution in [0.2, 0.25) is 0 Å². The molecule has 0 fully saturated rings. The second-order valence-corrected chi connectivity index (χ2v) is 5.66. The number of aryl methyl sites for hydroxylation is 3. The van der Waals surface area contributed by atoms with Gasteiger partial charge in [0.25, 0.3) is 0 Å². The summed E-state index contributed by atoms with van der Waals surface area (Å²) >= 11 is 0. The van der Waals surface area contributed by atoms with Crippen LogP contribution in [0.1, 0.15) is 47.6 Å². The first-order valence-corrected chi connectivity index (χ1v) is 7.44. The lowest BCUT2D eigenvalue weighted by atomic mass is 9.95. The summed E-state index contributed by atoms with van der Waals surface area (Å²) in [7, 11) is 0. The normalized spacial score (nSPS) is 12.8. The average Bonchev–Trinajstić information content (AvgIpc) is 2.45. The van der Waals surface area contributed by atoms with Crippen LogP contribution in [0, 0.1) is 13.8 Å². The molecule has 0 aliphatic rings. The predicted molar refractivity (Wildman–Crippen MR) is 89.2 cm³/mol. The molecule has 0 aliphatic heterocycles. The van der Waals surface area contributed by atoms with E-state index in [0.29, 0.717) is 5.92 Å². The largest absolute Gasteiger partial charge is 0.0767 e. The Kier molecular flexibility index (Phi) is 4.79. The third-order valence-electron chi connectivity index (χ3n) is 3.75. The molecule has 2 aromatic rings. The fraction of sp³-hybridized carbons (Fsp3) is 0.300. The molecule has 0 N–H and O–H groups in total. The fourth-order valence-electron chi connectivity index (χ4n) is 2.41. The molecule has 2 aromatic carbocycles. The van der Waals surface area contributed by atoms with Crippen LogP contribution in [0.25, 0.3) is 6.08 Å². The molecule has 0 saturated heterocycles. The zero-order valence-electron chi connectivity index (χ0n) is 13.0. The van der Waals surface area contributed by atoms with Gasteiger partial charge >= 0.3 is 0 Å². The monoisotopic (exact) mass is 264 g/mol. The highest BCUT2D eigenvalue weighted by atomic mass is 14.1. The van der Waals surface area contributed by atoms with Crippen molar-refractivity contribution in [1.29, 1.82) is 0 Å². The first-order valence-electron chi connectivity index (χ1n) is 7.44. The lowest BCUT2D eigenvalue weighted by Crippen LogP contribution is -1.93. The topological polar surface area (TPSA) is 0 Å². The van der Waals surface area contributed by atoms with Gasteiger partial charge in [-0.2, -0.15) is 0 Å². The highest BCUT2D eigenvalue weighted by Gasteiger charge is 2.03. The van der Waals surface area contributed by atoms with Gasteiger partial charge in [0.1, 0.15) is 0 Å². The Morgan fingerprint density at radius 2 is 1.65 bits per heavy atom. The zero-order valence-corrected chi connectivity index (χ0v) is 13.0. The minimum atomic E-state index is 0.446. The number of benzene rings is 2. The van der Waals surface area contributed by atoms with Crippen LogP contribution in [0.5, 0.6) is 0 Å². The minimum absolute atomic E-state index is 0.446. The molecule has 0 aliphatic carbocycles. The Morgan fingerprint density at radius 1 is 0.950 bits per heavy atom. The molecule has 0 aromatic heterocycles. The number of rotatable bonds is 4. The van der Waals surface area contributed by atoms with E-state index in [1.807, 2.05) is 0 Å². The molecule has 0 heterocycles. The van der Waals surface area contributed by atoms with Crippen molar-refractivity contribution in [2.75, 3.05) is 0 Å². The van der Waals surface area contributed by atoms with Crippen LogP contribution in [0.15, 0.2) is 48.5 Å². The summed E-state index contributed by atoms with van der Waals surface area (Å²) in [5, 5.41) is 0. The maximum Gasteiger partial charge on any atom is -0.000691 e. The Bertz CT molecular complexity index is 588. The molecule has 0 bridgehead atoms. The lowest BCUT2D eigenvalue weighted by Gasteiger charge is -2.10. The number of hydrogen-bond acceptors (Lipinski definition) is 0. The van der Waals surface area contributed by atoms with E-state index in [2.05, 4.69) is 82.3 Å². The Labute approximate surface area is 123 Å². The Balaban J connectivity index is 2.17. The summed E-state index contributed by atoms with van der Waals surface area (Å²) in [4.78, 5) is 0. The van der Waals surface area contributed by atoms with Crippen molar-refractivity contribution in [3.8, 4) is 0 Å². The van der Waals surface area contributed by atoms with Gasteiger partial charge in [-0.05, 0) is 42.9 Å². The SMILES string of the molecule is CCc1cc(C)cc(C(C)/C=C/c2ccc(C)cc2)c1. The molecular weight excluding hydrogens is 240 g/mol. The van der Waals surface area contributed by atoms with Crippen molar-refractivity contribution >= 4 is 6.08 Å². The van der Waals surface area contributed by atoms with E-state index < -0.39 is 0 Å². The molecular formula is C20H24. The molecule has 0 radical (unpaired) electrons. The highest BCUT2D eigenvalue weighted by molar-refractivity contribution is 5.51. The van der Waals surface area contributed by atoms with E-state index in [4.69, 9.17) is 0 Å². The average molecular weight is 264 g/mol. The fourth-order valence-corrected chi connectivity index (χ4v) is 2.41. The number of hydrogen-bond donors (Lipinski definition) is 0. The van der Waals surface area contributed by atoms with E-state index in [9.17, 15) is 0 Å². The van der Waals surface area contributed by atoms with Crippen molar-refractivity contribution in [3.63, 3.8) is 0 Å². The van der Waals surface area contributed by atoms with Crippen LogP contribution in [0.3, 0.4) is 0 Å². The first kappa shape index (κ1) is 14.6. The van der Waals surface area contributed by atoms with Crippen LogP contribution < -0.4 is 0 Å². The predicted octanol–water partition coefficient (Wildman–Crippen LogP) is 5.68. The van der Waals surface area contributed by atoms with Gasteiger partial charge in [-0.15, -0.1) is 0 Å². The lowest BCUT2D eigenvalue weighted by molar-refractivity contribution is 0.958. The zero-order chi connectivity index (χ0) is 14.5. The summed E-state index contributed by atoms with van der Waals surface area (Å²) in [6, 6.07) is 15.6. The molecule has 1 unspecified atom stereocenters. The maximum absolute atomic E-state index is 2.33. The van der Waals surface area contributed by atoms with E-state index in [1.165, 1.54) is 27.8 Å². The van der Waals surface area contributed by atoms with Crippen molar-refractivity contribution in [2.24, 2.45) is 0 Å². The summed E-state index contributed by atoms with van der Waals surface area (Å²) in [6.45, 7) is 8.78. The van der Waals surface area contributed by atoms with Gasteiger partial charge in [-0.25, -0.2) is 0 Å². The van der Waals surface area contributed by atoms with E-state index >= 15 is 0 Å². The molecule has 0 nitrogen and oxygen atoms in total. The highest BCUT2D eigenvalue weighted by Crippen LogP contribution is 2.21. The summed E-state index contributed by atoms with van der Waals surface area (Å²) in [6.07, 6.45) is 5.61. The van der Waals surface area contributed by atoms with Crippen LogP contribution in [-0.2, 0) is 6.42 Å². The van der Waals surface area contributed by atoms with Crippen molar-refractivity contribution in [3.05, 3.63) is 76.4 Å². The molecule has 0 amide bonds. The van der Waals surface area contributed by atoms with Crippen molar-refractivity contribution in [2.45, 2.75) is 40.0 Å². The quantitative estimate of drug-likeness (QED) is 0.666. The van der Waals surface area contributed by atoms with Gasteiger partial charge in [0, 0.05) is 0 Å². The summed E-state index contributed by atoms with van der Waals surface area (Å²) in [5.74, 6) is 0.446. The van der Waals surface area contributed by atoms with Gasteiger partial charge in [0.15, 0.2) is 0 Å². The summed E-state index contributed by atoms with van der Waals surface area (Å²) in [5.41, 5.74) is 6.77. The smallest absolute Gasteiger partial charge is 0.000691 e. The molecule has 0 heteroatoms. The summed E-state index contributed by atoms with van der Waals surface area (Å²) < 4.78 is 0. The van der Waals surface area contributed by atoms with Gasteiger partial charge in [-0.1, -0.05) is 79.6 Å². The first-order chi connectivity index (χ1) is 9.58. The second kappa shape index (κ2) is 6.56. The third-order valence-corrected chi connectivity index (χ3v) is 3.75. The van der Waals surface area contributed by atoms with Crippen LogP contribution in [-0.4, -0.2) is 0 Å². The van der Waals surface area contributed by atoms with E-state index in [1.54, 1.807) is 0 Å². The molecule has 104 valence electrons. The van der Waals surface area contributed by atoms with Crippen molar-refractivity contribution < 1.29 is 0 Å². The molecule has 1 atom stereocenters. The van der Waals surface area contributed by atoms with Crippen molar-refractivity contribution in [1.82, 2.24) is 0 Å². The van der Waals surface area contributed by atoms with E-state index in [-0.39, 0.29) is 0 Å². The minimum Gasteiger partial charge on any atom is -0.0767 e. The Hall–Kier alpha value is -1.82. The van der Waals surface area contributed by atoms with Gasteiger partial charge in [-0.3, -0.25) is 0 Å². The van der Waals surface area contributed by atoms with Gasteiger partial charge in [0.05, 0.1) is 0 Å². The number of allylic oxidation sites excluding steroid dienone is 1. The van der Waals surface area contributed by atoms with Gasteiger partial charge < -0.3 is 0 Å². The van der Waals surface area contributed by atoms with E-state index in [0.717, 1.165) is 6.42 Å². The molecule has 2 rings (SSSR count). The Morgan fingerprint density at radius 3 is 2.30 bits per heavy atom. The van der Waals surface area contributed by atoms with Crippen LogP contribution >= 0.6 is 0 Å². The molecule has 20 heavy (non-hydrogen) atoms. The standard InChI is InChI=1S/C20H24/c1-5-18-12-16(3)13-20(14-18)17(4)8-11-19-9-6-15(2)7-10-19/h6-14,17H,5H2,1-4H3/b11-8+. The van der Waals surface area contributed by atoms with Gasteiger partial charge in [0.2, 0.25) is 0 Å².